The van der Waals surface area contributed by atoms with Gasteiger partial charge in [-0.05, 0) is 23.8 Å². The van der Waals surface area contributed by atoms with E-state index in [0.717, 1.165) is 0 Å². The van der Waals surface area contributed by atoms with Gasteiger partial charge in [-0.2, -0.15) is 0 Å². The number of carboxylic acids is 1. The summed E-state index contributed by atoms with van der Waals surface area (Å²) in [7, 11) is 0. The molecule has 0 saturated heterocycles. The molecule has 0 radical (unpaired) electrons. The van der Waals surface area contributed by atoms with Gasteiger partial charge in [0.15, 0.2) is 17.1 Å². The lowest BCUT2D eigenvalue weighted by atomic mass is 9.79. The number of phenols is 2. The first kappa shape index (κ1) is 18.8. The summed E-state index contributed by atoms with van der Waals surface area (Å²) in [5.41, 5.74) is -1.66. The predicted molar refractivity (Wildman–Crippen MR) is 86.7 cm³/mol. The van der Waals surface area contributed by atoms with Gasteiger partial charge in [0, 0.05) is 12.8 Å². The van der Waals surface area contributed by atoms with Gasteiger partial charge in [-0.15, -0.1) is 0 Å². The average Bonchev–Trinajstić information content (AvgIpc) is 2.53. The first-order valence-corrected chi connectivity index (χ1v) is 7.50. The Kier molecular flexibility index (Phi) is 5.36. The Morgan fingerprint density at radius 3 is 2.52 bits per heavy atom. The number of rotatable bonds is 5. The summed E-state index contributed by atoms with van der Waals surface area (Å²) in [5.74, 6) is -2.02. The van der Waals surface area contributed by atoms with Crippen molar-refractivity contribution in [2.24, 2.45) is 0 Å². The molecule has 0 aliphatic heterocycles. The molecule has 1 aliphatic carbocycles. The first-order valence-electron chi connectivity index (χ1n) is 7.50. The Bertz CT molecular complexity index is 698. The highest BCUT2D eigenvalue weighted by atomic mass is 16.5. The van der Waals surface area contributed by atoms with Crippen molar-refractivity contribution in [2.45, 2.75) is 36.8 Å². The van der Waals surface area contributed by atoms with Crippen molar-refractivity contribution >= 4 is 12.0 Å². The van der Waals surface area contributed by atoms with Gasteiger partial charge in [-0.3, -0.25) is 0 Å². The van der Waals surface area contributed by atoms with Crippen LogP contribution in [0.15, 0.2) is 36.6 Å². The van der Waals surface area contributed by atoms with E-state index in [1.54, 1.807) is 0 Å². The van der Waals surface area contributed by atoms with Crippen LogP contribution in [0.2, 0.25) is 0 Å². The van der Waals surface area contributed by atoms with E-state index in [1.165, 1.54) is 30.4 Å². The van der Waals surface area contributed by atoms with Gasteiger partial charge in [0.1, 0.15) is 18.0 Å². The number of aliphatic hydroxyl groups excluding tert-OH is 2. The molecule has 8 heteroatoms. The van der Waals surface area contributed by atoms with Crippen molar-refractivity contribution in [1.29, 1.82) is 0 Å². The van der Waals surface area contributed by atoms with Crippen molar-refractivity contribution in [3.05, 3.63) is 42.2 Å². The number of aliphatic carboxylic acids is 1. The summed E-state index contributed by atoms with van der Waals surface area (Å²) in [5, 5.41) is 57.5. The van der Waals surface area contributed by atoms with Crippen LogP contribution in [0.25, 0.3) is 6.08 Å². The molecule has 1 aromatic rings. The van der Waals surface area contributed by atoms with Crippen LogP contribution in [0.5, 0.6) is 11.5 Å². The molecule has 1 aromatic carbocycles. The molecule has 136 valence electrons. The summed E-state index contributed by atoms with van der Waals surface area (Å²) in [6.07, 6.45) is -1.98. The average molecular weight is 352 g/mol. The van der Waals surface area contributed by atoms with E-state index in [4.69, 9.17) is 9.84 Å². The SMILES string of the molecule is C=C(C=Cc1ccc(O)c(O)c1)OC1CC(O)(C(=O)O)CC(O)C1O. The van der Waals surface area contributed by atoms with Gasteiger partial charge < -0.3 is 35.4 Å². The molecule has 2 rings (SSSR count). The maximum atomic E-state index is 11.2. The summed E-state index contributed by atoms with van der Waals surface area (Å²) < 4.78 is 5.37. The Morgan fingerprint density at radius 2 is 1.92 bits per heavy atom. The number of allylic oxidation sites excluding steroid dienone is 1. The third-order valence-corrected chi connectivity index (χ3v) is 4.02. The highest BCUT2D eigenvalue weighted by Gasteiger charge is 2.50. The standard InChI is InChI=1S/C17H20O8/c1-9(2-3-10-4-5-11(18)12(19)6-10)25-14-8-17(24,16(22)23)7-13(20)15(14)21/h2-6,13-15,18-21,24H,1,7-8H2,(H,22,23). The fourth-order valence-corrected chi connectivity index (χ4v) is 2.60. The highest BCUT2D eigenvalue weighted by molar-refractivity contribution is 5.77. The van der Waals surface area contributed by atoms with Crippen LogP contribution in [0, 0.1) is 0 Å². The number of hydrogen-bond donors (Lipinski definition) is 6. The van der Waals surface area contributed by atoms with Crippen molar-refractivity contribution in [2.75, 3.05) is 0 Å². The van der Waals surface area contributed by atoms with Crippen LogP contribution in [-0.4, -0.2) is 60.5 Å². The van der Waals surface area contributed by atoms with Gasteiger partial charge in [0.2, 0.25) is 0 Å². The van der Waals surface area contributed by atoms with Crippen molar-refractivity contribution in [1.82, 2.24) is 0 Å². The van der Waals surface area contributed by atoms with Gasteiger partial charge in [-0.25, -0.2) is 4.79 Å². The lowest BCUT2D eigenvalue weighted by molar-refractivity contribution is -0.188. The number of phenolic OH excluding ortho intramolecular Hbond substituents is 2. The zero-order valence-electron chi connectivity index (χ0n) is 13.2. The van der Waals surface area contributed by atoms with E-state index in [0.29, 0.717) is 5.56 Å². The maximum Gasteiger partial charge on any atom is 0.335 e. The maximum absolute atomic E-state index is 11.2. The largest absolute Gasteiger partial charge is 0.504 e. The number of benzene rings is 1. The number of ether oxygens (including phenoxy) is 1. The second-order valence-corrected chi connectivity index (χ2v) is 6.01. The van der Waals surface area contributed by atoms with Crippen LogP contribution in [0.3, 0.4) is 0 Å². The Morgan fingerprint density at radius 1 is 1.24 bits per heavy atom. The molecule has 0 bridgehead atoms. The molecular formula is C17H20O8. The summed E-state index contributed by atoms with van der Waals surface area (Å²) in [4.78, 5) is 11.2. The number of carboxylic acid groups (broad SMARTS) is 1. The number of aliphatic hydroxyl groups is 3. The van der Waals surface area contributed by atoms with E-state index in [-0.39, 0.29) is 17.3 Å². The number of hydrogen-bond acceptors (Lipinski definition) is 7. The predicted octanol–water partition coefficient (Wildman–Crippen LogP) is 0.341. The number of aromatic hydroxyl groups is 2. The smallest absolute Gasteiger partial charge is 0.335 e. The molecule has 0 amide bonds. The van der Waals surface area contributed by atoms with Crippen LogP contribution in [-0.2, 0) is 9.53 Å². The van der Waals surface area contributed by atoms with Crippen molar-refractivity contribution in [3.8, 4) is 11.5 Å². The minimum atomic E-state index is -2.20. The third kappa shape index (κ3) is 4.30. The van der Waals surface area contributed by atoms with Gasteiger partial charge in [0.25, 0.3) is 0 Å². The molecule has 0 heterocycles. The minimum absolute atomic E-state index is 0.0541. The van der Waals surface area contributed by atoms with E-state index < -0.39 is 42.7 Å². The van der Waals surface area contributed by atoms with Crippen LogP contribution in [0.4, 0.5) is 0 Å². The lowest BCUT2D eigenvalue weighted by Crippen LogP contribution is -2.56. The lowest BCUT2D eigenvalue weighted by Gasteiger charge is -2.39. The summed E-state index contributed by atoms with van der Waals surface area (Å²) in [6, 6.07) is 4.13. The van der Waals surface area contributed by atoms with Crippen molar-refractivity contribution in [3.63, 3.8) is 0 Å². The Hall–Kier alpha value is -2.55. The zero-order valence-corrected chi connectivity index (χ0v) is 13.2. The molecule has 6 N–H and O–H groups in total. The molecule has 1 fully saturated rings. The molecule has 0 aromatic heterocycles. The van der Waals surface area contributed by atoms with E-state index in [9.17, 15) is 30.3 Å². The van der Waals surface area contributed by atoms with Gasteiger partial charge >= 0.3 is 5.97 Å². The molecule has 4 atom stereocenters. The minimum Gasteiger partial charge on any atom is -0.504 e. The van der Waals surface area contributed by atoms with E-state index >= 15 is 0 Å². The molecule has 8 nitrogen and oxygen atoms in total. The van der Waals surface area contributed by atoms with E-state index in [2.05, 4.69) is 6.58 Å². The molecule has 4 unspecified atom stereocenters. The fourth-order valence-electron chi connectivity index (χ4n) is 2.60. The first-order chi connectivity index (χ1) is 11.6. The molecule has 0 spiro atoms. The fraction of sp³-hybridized carbons (Fsp3) is 0.353. The second-order valence-electron chi connectivity index (χ2n) is 6.01. The normalized spacial score (nSPS) is 29.5. The quantitative estimate of drug-likeness (QED) is 0.252. The monoisotopic (exact) mass is 352 g/mol. The summed E-state index contributed by atoms with van der Waals surface area (Å²) in [6.45, 7) is 3.61. The van der Waals surface area contributed by atoms with Crippen LogP contribution < -0.4 is 0 Å². The van der Waals surface area contributed by atoms with E-state index in [1.807, 2.05) is 0 Å². The van der Waals surface area contributed by atoms with Gasteiger partial charge in [0.05, 0.1) is 6.10 Å². The number of carbonyl (C=O) groups is 1. The molecule has 1 saturated carbocycles. The van der Waals surface area contributed by atoms with Crippen LogP contribution >= 0.6 is 0 Å². The zero-order chi connectivity index (χ0) is 18.8. The third-order valence-electron chi connectivity index (χ3n) is 4.02. The summed E-state index contributed by atoms with van der Waals surface area (Å²) >= 11 is 0. The second kappa shape index (κ2) is 7.14. The topological polar surface area (TPSA) is 148 Å². The highest BCUT2D eigenvalue weighted by Crippen LogP contribution is 2.32. The Balaban J connectivity index is 2.06. The Labute approximate surface area is 143 Å². The molecule has 1 aliphatic rings. The molecule has 25 heavy (non-hydrogen) atoms. The van der Waals surface area contributed by atoms with Crippen LogP contribution in [0.1, 0.15) is 18.4 Å². The van der Waals surface area contributed by atoms with Gasteiger partial charge in [-0.1, -0.05) is 18.7 Å². The van der Waals surface area contributed by atoms with Crippen molar-refractivity contribution < 1.29 is 40.2 Å². The molecular weight excluding hydrogens is 332 g/mol.